The fourth-order valence-corrected chi connectivity index (χ4v) is 4.15. The molecule has 0 aromatic rings. The second-order valence-corrected chi connectivity index (χ2v) is 6.65. The summed E-state index contributed by atoms with van der Waals surface area (Å²) in [5.41, 5.74) is 0.0537. The molecule has 0 aromatic carbocycles. The molecule has 2 fully saturated rings. The van der Waals surface area contributed by atoms with Gasteiger partial charge in [-0.25, -0.2) is 0 Å². The molecule has 1 saturated heterocycles. The van der Waals surface area contributed by atoms with Gasteiger partial charge < -0.3 is 9.47 Å². The molecule has 5 unspecified atom stereocenters. The van der Waals surface area contributed by atoms with Crippen LogP contribution in [-0.4, -0.2) is 11.7 Å². The second kappa shape index (κ2) is 3.28. The minimum Gasteiger partial charge on any atom is -0.455 e. The highest BCUT2D eigenvalue weighted by Crippen LogP contribution is 2.63. The summed E-state index contributed by atoms with van der Waals surface area (Å²) in [5, 5.41) is 0. The predicted molar refractivity (Wildman–Crippen MR) is 65.2 cm³/mol. The maximum Gasteiger partial charge on any atom is 0.177 e. The summed E-state index contributed by atoms with van der Waals surface area (Å²) in [6.45, 7) is 4.68. The lowest BCUT2D eigenvalue weighted by Gasteiger charge is -2.30. The van der Waals surface area contributed by atoms with Crippen LogP contribution in [-0.2, 0) is 9.47 Å². The standard InChI is InChI=1S/C15H22O2/c1-9-5-3-4-6-11(9)8-15-12(17-15)7-10(2)13-14(15)16-13/h9-12H,3-8H2,1-2H3. The van der Waals surface area contributed by atoms with Crippen LogP contribution in [0.3, 0.4) is 0 Å². The van der Waals surface area contributed by atoms with Gasteiger partial charge in [-0.1, -0.05) is 39.5 Å². The molecule has 0 amide bonds. The molecule has 2 nitrogen and oxygen atoms in total. The number of rotatable bonds is 2. The van der Waals surface area contributed by atoms with Crippen LogP contribution in [0.25, 0.3) is 0 Å². The second-order valence-electron chi connectivity index (χ2n) is 6.65. The van der Waals surface area contributed by atoms with Crippen molar-refractivity contribution in [2.75, 3.05) is 0 Å². The van der Waals surface area contributed by atoms with Crippen LogP contribution in [0.2, 0.25) is 0 Å². The summed E-state index contributed by atoms with van der Waals surface area (Å²) in [6.07, 6.45) is 8.54. The Hall–Kier alpha value is -0.500. The Kier molecular flexibility index (Phi) is 2.01. The first-order chi connectivity index (χ1) is 8.21. The number of hydrogen-bond donors (Lipinski definition) is 0. The Morgan fingerprint density at radius 3 is 2.88 bits per heavy atom. The molecule has 0 aromatic heterocycles. The Morgan fingerprint density at radius 1 is 1.24 bits per heavy atom. The molecule has 5 atom stereocenters. The Labute approximate surface area is 103 Å². The Balaban J connectivity index is 1.52. The minimum atomic E-state index is 0.0537. The van der Waals surface area contributed by atoms with E-state index < -0.39 is 0 Å². The zero-order valence-electron chi connectivity index (χ0n) is 10.9. The summed E-state index contributed by atoms with van der Waals surface area (Å²) in [6, 6.07) is 0. The van der Waals surface area contributed by atoms with Gasteiger partial charge in [0, 0.05) is 5.92 Å². The number of allylic oxidation sites excluding steroid dienone is 1. The van der Waals surface area contributed by atoms with Crippen molar-refractivity contribution < 1.29 is 9.47 Å². The molecule has 0 radical (unpaired) electrons. The average Bonchev–Trinajstić information content (AvgIpc) is 3.15. The van der Waals surface area contributed by atoms with Gasteiger partial charge in [0.2, 0.25) is 0 Å². The first-order valence-electron chi connectivity index (χ1n) is 7.31. The highest BCUT2D eigenvalue weighted by molar-refractivity contribution is 5.40. The first kappa shape index (κ1) is 10.4. The molecule has 4 rings (SSSR count). The molecular weight excluding hydrogens is 212 g/mol. The number of ether oxygens (including phenoxy) is 2. The van der Waals surface area contributed by atoms with Crippen molar-refractivity contribution >= 4 is 0 Å². The summed E-state index contributed by atoms with van der Waals surface area (Å²) < 4.78 is 11.8. The van der Waals surface area contributed by atoms with Gasteiger partial charge in [0.25, 0.3) is 0 Å². The Morgan fingerprint density at radius 2 is 2.06 bits per heavy atom. The molecule has 0 spiro atoms. The van der Waals surface area contributed by atoms with Gasteiger partial charge in [0.05, 0.1) is 6.10 Å². The van der Waals surface area contributed by atoms with Crippen LogP contribution in [0, 0.1) is 17.8 Å². The quantitative estimate of drug-likeness (QED) is 0.682. The molecule has 0 bridgehead atoms. The van der Waals surface area contributed by atoms with Crippen molar-refractivity contribution in [3.05, 3.63) is 11.5 Å². The number of epoxide rings is 1. The SMILES string of the molecule is CC1CC2OC2(CC2CCCCC2C)C2=C1O2. The van der Waals surface area contributed by atoms with Gasteiger partial charge in [0.15, 0.2) is 11.4 Å². The zero-order valence-corrected chi connectivity index (χ0v) is 10.9. The van der Waals surface area contributed by atoms with Gasteiger partial charge in [-0.15, -0.1) is 0 Å². The smallest absolute Gasteiger partial charge is 0.177 e. The summed E-state index contributed by atoms with van der Waals surface area (Å²) in [4.78, 5) is 0. The van der Waals surface area contributed by atoms with Crippen LogP contribution in [0.4, 0.5) is 0 Å². The van der Waals surface area contributed by atoms with E-state index in [9.17, 15) is 0 Å². The van der Waals surface area contributed by atoms with Crippen molar-refractivity contribution in [3.8, 4) is 0 Å². The van der Waals surface area contributed by atoms with E-state index in [0.29, 0.717) is 12.0 Å². The minimum absolute atomic E-state index is 0.0537. The fraction of sp³-hybridized carbons (Fsp3) is 0.867. The summed E-state index contributed by atoms with van der Waals surface area (Å²) in [7, 11) is 0. The molecule has 2 aliphatic heterocycles. The monoisotopic (exact) mass is 234 g/mol. The van der Waals surface area contributed by atoms with Crippen LogP contribution in [0.15, 0.2) is 11.5 Å². The highest BCUT2D eigenvalue weighted by atomic mass is 16.7. The molecule has 2 heterocycles. The summed E-state index contributed by atoms with van der Waals surface area (Å²) >= 11 is 0. The number of hydrogen-bond acceptors (Lipinski definition) is 2. The lowest BCUT2D eigenvalue weighted by molar-refractivity contribution is 0.179. The first-order valence-corrected chi connectivity index (χ1v) is 7.31. The molecule has 4 aliphatic rings. The van der Waals surface area contributed by atoms with Crippen LogP contribution in [0.5, 0.6) is 0 Å². The normalized spacial score (nSPS) is 51.4. The third kappa shape index (κ3) is 1.43. The molecular formula is C15H22O2. The van der Waals surface area contributed by atoms with Gasteiger partial charge >= 0.3 is 0 Å². The van der Waals surface area contributed by atoms with Gasteiger partial charge in [-0.05, 0) is 24.7 Å². The molecule has 2 heteroatoms. The maximum absolute atomic E-state index is 6.06. The van der Waals surface area contributed by atoms with E-state index in [-0.39, 0.29) is 5.60 Å². The largest absolute Gasteiger partial charge is 0.455 e. The van der Waals surface area contributed by atoms with E-state index in [4.69, 9.17) is 9.47 Å². The van der Waals surface area contributed by atoms with Crippen molar-refractivity contribution in [2.45, 2.75) is 64.1 Å². The van der Waals surface area contributed by atoms with Crippen molar-refractivity contribution in [2.24, 2.45) is 17.8 Å². The fourth-order valence-electron chi connectivity index (χ4n) is 4.15. The van der Waals surface area contributed by atoms with Gasteiger partial charge in [0.1, 0.15) is 5.76 Å². The van der Waals surface area contributed by atoms with Crippen molar-refractivity contribution in [1.82, 2.24) is 0 Å². The number of fused-ring (bicyclic) bond motifs is 2. The molecule has 1 saturated carbocycles. The van der Waals surface area contributed by atoms with Crippen molar-refractivity contribution in [1.29, 1.82) is 0 Å². The third-order valence-corrected chi connectivity index (χ3v) is 5.46. The maximum atomic E-state index is 6.06. The van der Waals surface area contributed by atoms with Gasteiger partial charge in [-0.3, -0.25) is 0 Å². The predicted octanol–water partition coefficient (Wildman–Crippen LogP) is 3.62. The molecule has 17 heavy (non-hydrogen) atoms. The van der Waals surface area contributed by atoms with Crippen LogP contribution >= 0.6 is 0 Å². The Bertz CT molecular complexity index is 386. The van der Waals surface area contributed by atoms with Gasteiger partial charge in [-0.2, -0.15) is 0 Å². The van der Waals surface area contributed by atoms with E-state index in [1.165, 1.54) is 50.0 Å². The van der Waals surface area contributed by atoms with Crippen LogP contribution in [0.1, 0.15) is 52.4 Å². The summed E-state index contributed by atoms with van der Waals surface area (Å²) in [5.74, 6) is 4.85. The van der Waals surface area contributed by atoms with E-state index in [1.807, 2.05) is 0 Å². The lowest BCUT2D eigenvalue weighted by Crippen LogP contribution is -2.27. The van der Waals surface area contributed by atoms with E-state index in [0.717, 1.165) is 11.8 Å². The zero-order chi connectivity index (χ0) is 11.6. The van der Waals surface area contributed by atoms with E-state index >= 15 is 0 Å². The van der Waals surface area contributed by atoms with E-state index in [2.05, 4.69) is 13.8 Å². The molecule has 2 aliphatic carbocycles. The average molecular weight is 234 g/mol. The third-order valence-electron chi connectivity index (χ3n) is 5.46. The highest BCUT2D eigenvalue weighted by Gasteiger charge is 2.69. The lowest BCUT2D eigenvalue weighted by atomic mass is 9.73. The molecule has 94 valence electrons. The molecule has 0 N–H and O–H groups in total. The van der Waals surface area contributed by atoms with Crippen molar-refractivity contribution in [3.63, 3.8) is 0 Å². The van der Waals surface area contributed by atoms with E-state index in [1.54, 1.807) is 0 Å². The van der Waals surface area contributed by atoms with Crippen LogP contribution < -0.4 is 0 Å². The topological polar surface area (TPSA) is 25.1 Å².